The quantitative estimate of drug-likeness (QED) is 0.736. The molecule has 0 unspecified atom stereocenters. The van der Waals surface area contributed by atoms with Gasteiger partial charge in [-0.15, -0.1) is 0 Å². The minimum atomic E-state index is -0.474. The molecule has 0 saturated heterocycles. The summed E-state index contributed by atoms with van der Waals surface area (Å²) < 4.78 is 18.2. The van der Waals surface area contributed by atoms with Crippen molar-refractivity contribution in [1.29, 1.82) is 0 Å². The first-order valence-corrected chi connectivity index (χ1v) is 5.15. The predicted octanol–water partition coefficient (Wildman–Crippen LogP) is 3.29. The molecule has 0 radical (unpaired) electrons. The number of hydrogen-bond donors (Lipinski definition) is 0. The minimum Gasteiger partial charge on any atom is -0.493 e. The summed E-state index contributed by atoms with van der Waals surface area (Å²) in [6.07, 6.45) is 1.51. The van der Waals surface area contributed by atoms with Gasteiger partial charge in [-0.1, -0.05) is 18.2 Å². The highest BCUT2D eigenvalue weighted by Crippen LogP contribution is 2.29. The van der Waals surface area contributed by atoms with Gasteiger partial charge in [0, 0.05) is 17.3 Å². The van der Waals surface area contributed by atoms with E-state index < -0.39 is 5.95 Å². The summed E-state index contributed by atoms with van der Waals surface area (Å²) in [5.74, 6) is 0.316. The molecule has 0 aliphatic heterocycles. The molecule has 0 aliphatic rings. The number of pyridine rings is 1. The van der Waals surface area contributed by atoms with E-state index in [0.29, 0.717) is 6.61 Å². The van der Waals surface area contributed by atoms with Gasteiger partial charge >= 0.3 is 0 Å². The van der Waals surface area contributed by atoms with E-state index in [1.165, 1.54) is 12.3 Å². The lowest BCUT2D eigenvalue weighted by molar-refractivity contribution is 0.341. The van der Waals surface area contributed by atoms with E-state index in [1.54, 1.807) is 6.07 Å². The topological polar surface area (TPSA) is 22.1 Å². The number of rotatable bonds is 3. The van der Waals surface area contributed by atoms with Gasteiger partial charge < -0.3 is 4.74 Å². The van der Waals surface area contributed by atoms with Crippen LogP contribution < -0.4 is 4.74 Å². The van der Waals surface area contributed by atoms with Crippen molar-refractivity contribution in [3.63, 3.8) is 0 Å². The molecule has 0 amide bonds. The molecule has 16 heavy (non-hydrogen) atoms. The van der Waals surface area contributed by atoms with Crippen LogP contribution in [0.1, 0.15) is 6.92 Å². The summed E-state index contributed by atoms with van der Waals surface area (Å²) >= 11 is 0. The summed E-state index contributed by atoms with van der Waals surface area (Å²) in [7, 11) is 0. The van der Waals surface area contributed by atoms with E-state index in [4.69, 9.17) is 4.74 Å². The zero-order chi connectivity index (χ0) is 11.4. The van der Waals surface area contributed by atoms with E-state index >= 15 is 0 Å². The van der Waals surface area contributed by atoms with Crippen molar-refractivity contribution in [2.75, 3.05) is 6.61 Å². The largest absolute Gasteiger partial charge is 0.493 e. The van der Waals surface area contributed by atoms with Gasteiger partial charge in [-0.3, -0.25) is 0 Å². The van der Waals surface area contributed by atoms with Crippen molar-refractivity contribution < 1.29 is 9.13 Å². The Bertz CT molecular complexity index is 468. The van der Waals surface area contributed by atoms with E-state index in [9.17, 15) is 4.39 Å². The Labute approximate surface area is 93.7 Å². The highest BCUT2D eigenvalue weighted by molar-refractivity contribution is 5.69. The maximum absolute atomic E-state index is 12.7. The first-order chi connectivity index (χ1) is 7.81. The van der Waals surface area contributed by atoms with Crippen LogP contribution in [0.25, 0.3) is 11.1 Å². The monoisotopic (exact) mass is 217 g/mol. The minimum absolute atomic E-state index is 0.474. The molecule has 0 spiro atoms. The van der Waals surface area contributed by atoms with Crippen molar-refractivity contribution in [3.8, 4) is 16.9 Å². The second kappa shape index (κ2) is 4.75. The van der Waals surface area contributed by atoms with Gasteiger partial charge in [-0.05, 0) is 25.1 Å². The maximum Gasteiger partial charge on any atom is 0.212 e. The fraction of sp³-hybridized carbons (Fsp3) is 0.154. The second-order valence-corrected chi connectivity index (χ2v) is 3.30. The van der Waals surface area contributed by atoms with Crippen molar-refractivity contribution in [1.82, 2.24) is 4.98 Å². The van der Waals surface area contributed by atoms with Crippen LogP contribution in [0.4, 0.5) is 4.39 Å². The lowest BCUT2D eigenvalue weighted by Gasteiger charge is -2.09. The van der Waals surface area contributed by atoms with Crippen LogP contribution in [0.15, 0.2) is 42.6 Å². The predicted molar refractivity (Wildman–Crippen MR) is 60.8 cm³/mol. The summed E-state index contributed by atoms with van der Waals surface area (Å²) in [5, 5.41) is 0. The van der Waals surface area contributed by atoms with Crippen molar-refractivity contribution in [2.24, 2.45) is 0 Å². The van der Waals surface area contributed by atoms with Crippen molar-refractivity contribution in [2.45, 2.75) is 6.92 Å². The average Bonchev–Trinajstić information content (AvgIpc) is 2.32. The number of benzene rings is 1. The van der Waals surface area contributed by atoms with E-state index in [0.717, 1.165) is 16.9 Å². The van der Waals surface area contributed by atoms with E-state index in [-0.39, 0.29) is 0 Å². The van der Waals surface area contributed by atoms with Gasteiger partial charge in [-0.25, -0.2) is 4.98 Å². The first-order valence-electron chi connectivity index (χ1n) is 5.15. The standard InChI is InChI=1S/C13H12FNO/c1-2-16-12-6-4-3-5-11(12)10-7-8-13(14)15-9-10/h3-9H,2H2,1H3. The Morgan fingerprint density at radius 1 is 1.19 bits per heavy atom. The van der Waals surface area contributed by atoms with Crippen LogP contribution >= 0.6 is 0 Å². The Morgan fingerprint density at radius 2 is 2.00 bits per heavy atom. The fourth-order valence-electron chi connectivity index (χ4n) is 1.52. The smallest absolute Gasteiger partial charge is 0.212 e. The van der Waals surface area contributed by atoms with Crippen LogP contribution in [0.3, 0.4) is 0 Å². The molecule has 3 heteroatoms. The number of aromatic nitrogens is 1. The molecular formula is C13H12FNO. The molecule has 0 saturated carbocycles. The molecule has 2 aromatic rings. The molecule has 82 valence electrons. The van der Waals surface area contributed by atoms with E-state index in [2.05, 4.69) is 4.98 Å². The molecule has 1 heterocycles. The molecule has 2 nitrogen and oxygen atoms in total. The maximum atomic E-state index is 12.7. The lowest BCUT2D eigenvalue weighted by atomic mass is 10.1. The molecule has 0 bridgehead atoms. The zero-order valence-corrected chi connectivity index (χ0v) is 8.98. The highest BCUT2D eigenvalue weighted by Gasteiger charge is 2.05. The summed E-state index contributed by atoms with van der Waals surface area (Å²) in [6.45, 7) is 2.53. The van der Waals surface area contributed by atoms with Crippen molar-refractivity contribution >= 4 is 0 Å². The number of ether oxygens (including phenoxy) is 1. The highest BCUT2D eigenvalue weighted by atomic mass is 19.1. The van der Waals surface area contributed by atoms with Crippen molar-refractivity contribution in [3.05, 3.63) is 48.5 Å². The molecule has 0 aliphatic carbocycles. The first kappa shape index (κ1) is 10.6. The van der Waals surface area contributed by atoms with Gasteiger partial charge in [0.25, 0.3) is 0 Å². The van der Waals surface area contributed by atoms with Crippen LogP contribution in [-0.2, 0) is 0 Å². The Kier molecular flexibility index (Phi) is 3.15. The van der Waals surface area contributed by atoms with E-state index in [1.807, 2.05) is 31.2 Å². The Hall–Kier alpha value is -1.90. The molecule has 2 rings (SSSR count). The number of nitrogens with zero attached hydrogens (tertiary/aromatic N) is 1. The summed E-state index contributed by atoms with van der Waals surface area (Å²) in [5.41, 5.74) is 1.78. The molecule has 0 atom stereocenters. The summed E-state index contributed by atoms with van der Waals surface area (Å²) in [6, 6.07) is 10.7. The molecule has 1 aromatic heterocycles. The number of halogens is 1. The Balaban J connectivity index is 2.42. The van der Waals surface area contributed by atoms with Crippen LogP contribution in [-0.4, -0.2) is 11.6 Å². The van der Waals surface area contributed by atoms with Gasteiger partial charge in [0.15, 0.2) is 0 Å². The SMILES string of the molecule is CCOc1ccccc1-c1ccc(F)nc1. The summed E-state index contributed by atoms with van der Waals surface area (Å²) in [4.78, 5) is 3.63. The Morgan fingerprint density at radius 3 is 2.69 bits per heavy atom. The fourth-order valence-corrected chi connectivity index (χ4v) is 1.52. The average molecular weight is 217 g/mol. The normalized spacial score (nSPS) is 10.1. The molecule has 0 fully saturated rings. The van der Waals surface area contributed by atoms with Crippen LogP contribution in [0.5, 0.6) is 5.75 Å². The molecule has 1 aromatic carbocycles. The van der Waals surface area contributed by atoms with Crippen LogP contribution in [0, 0.1) is 5.95 Å². The second-order valence-electron chi connectivity index (χ2n) is 3.30. The third-order valence-corrected chi connectivity index (χ3v) is 2.23. The third-order valence-electron chi connectivity index (χ3n) is 2.23. The third kappa shape index (κ3) is 2.19. The van der Waals surface area contributed by atoms with Gasteiger partial charge in [0.05, 0.1) is 6.61 Å². The number of hydrogen-bond acceptors (Lipinski definition) is 2. The van der Waals surface area contributed by atoms with Gasteiger partial charge in [-0.2, -0.15) is 4.39 Å². The molecular weight excluding hydrogens is 205 g/mol. The van der Waals surface area contributed by atoms with Gasteiger partial charge in [0.2, 0.25) is 5.95 Å². The van der Waals surface area contributed by atoms with Gasteiger partial charge in [0.1, 0.15) is 5.75 Å². The van der Waals surface area contributed by atoms with Crippen LogP contribution in [0.2, 0.25) is 0 Å². The zero-order valence-electron chi connectivity index (χ0n) is 8.98. The molecule has 0 N–H and O–H groups in total. The number of para-hydroxylation sites is 1. The lowest BCUT2D eigenvalue weighted by Crippen LogP contribution is -1.94.